The van der Waals surface area contributed by atoms with Gasteiger partial charge in [-0.3, -0.25) is 0 Å². The van der Waals surface area contributed by atoms with Crippen LogP contribution in [0.4, 0.5) is 5.82 Å². The standard InChI is InChI=1S/C10H15BrN2OS/c1-15-7-9(4-5-14)13-10-3-2-8(11)6-12-10/h2-3,6,9,14H,4-5,7H2,1H3,(H,12,13)/t9-/m0/s1. The van der Waals surface area contributed by atoms with Gasteiger partial charge in [0.2, 0.25) is 0 Å². The fraction of sp³-hybridized carbons (Fsp3) is 0.500. The van der Waals surface area contributed by atoms with E-state index in [1.807, 2.05) is 12.1 Å². The molecule has 0 spiro atoms. The molecule has 1 atom stereocenters. The Bertz CT molecular complexity index is 275. The van der Waals surface area contributed by atoms with Gasteiger partial charge in [0.05, 0.1) is 0 Å². The lowest BCUT2D eigenvalue weighted by Crippen LogP contribution is -2.24. The van der Waals surface area contributed by atoms with E-state index in [-0.39, 0.29) is 12.6 Å². The molecule has 0 unspecified atom stereocenters. The molecule has 0 saturated carbocycles. The average Bonchev–Trinajstić information content (AvgIpc) is 2.22. The number of aliphatic hydroxyl groups excluding tert-OH is 1. The predicted octanol–water partition coefficient (Wildman–Crippen LogP) is 2.37. The molecule has 0 bridgehead atoms. The first-order valence-electron chi connectivity index (χ1n) is 4.74. The lowest BCUT2D eigenvalue weighted by molar-refractivity contribution is 0.282. The number of thioether (sulfide) groups is 1. The van der Waals surface area contributed by atoms with E-state index in [0.29, 0.717) is 0 Å². The summed E-state index contributed by atoms with van der Waals surface area (Å²) in [6.45, 7) is 0.203. The van der Waals surface area contributed by atoms with Gasteiger partial charge >= 0.3 is 0 Å². The highest BCUT2D eigenvalue weighted by Gasteiger charge is 2.07. The first-order valence-corrected chi connectivity index (χ1v) is 6.93. The first-order chi connectivity index (χ1) is 7.26. The molecule has 1 aromatic heterocycles. The summed E-state index contributed by atoms with van der Waals surface area (Å²) in [5.74, 6) is 1.82. The maximum atomic E-state index is 8.91. The van der Waals surface area contributed by atoms with Crippen molar-refractivity contribution < 1.29 is 5.11 Å². The van der Waals surface area contributed by atoms with E-state index < -0.39 is 0 Å². The zero-order valence-corrected chi connectivity index (χ0v) is 11.0. The van der Waals surface area contributed by atoms with E-state index in [9.17, 15) is 0 Å². The zero-order chi connectivity index (χ0) is 11.1. The molecule has 15 heavy (non-hydrogen) atoms. The number of rotatable bonds is 6. The van der Waals surface area contributed by atoms with Crippen molar-refractivity contribution in [2.75, 3.05) is 23.9 Å². The topological polar surface area (TPSA) is 45.1 Å². The van der Waals surface area contributed by atoms with Crippen molar-refractivity contribution >= 4 is 33.5 Å². The van der Waals surface area contributed by atoms with Crippen LogP contribution in [-0.2, 0) is 0 Å². The van der Waals surface area contributed by atoms with Crippen LogP contribution in [-0.4, -0.2) is 34.7 Å². The van der Waals surface area contributed by atoms with Gasteiger partial charge in [0.1, 0.15) is 5.82 Å². The Labute approximate surface area is 103 Å². The minimum Gasteiger partial charge on any atom is -0.396 e. The quantitative estimate of drug-likeness (QED) is 0.844. The highest BCUT2D eigenvalue weighted by molar-refractivity contribution is 9.10. The van der Waals surface area contributed by atoms with Gasteiger partial charge in [0.15, 0.2) is 0 Å². The molecule has 0 aliphatic rings. The maximum absolute atomic E-state index is 8.91. The number of aliphatic hydroxyl groups is 1. The minimum absolute atomic E-state index is 0.203. The molecule has 0 aliphatic carbocycles. The fourth-order valence-electron chi connectivity index (χ4n) is 1.22. The van der Waals surface area contributed by atoms with Crippen molar-refractivity contribution in [3.8, 4) is 0 Å². The van der Waals surface area contributed by atoms with E-state index >= 15 is 0 Å². The molecule has 1 heterocycles. The van der Waals surface area contributed by atoms with Gasteiger partial charge in [-0.2, -0.15) is 11.8 Å². The number of nitrogens with one attached hydrogen (secondary N) is 1. The largest absolute Gasteiger partial charge is 0.396 e. The molecule has 84 valence electrons. The van der Waals surface area contributed by atoms with Crippen LogP contribution in [0.1, 0.15) is 6.42 Å². The molecule has 0 amide bonds. The second kappa shape index (κ2) is 7.09. The first kappa shape index (κ1) is 12.8. The number of hydrogen-bond donors (Lipinski definition) is 2. The molecule has 1 aromatic rings. The SMILES string of the molecule is CSC[C@H](CCO)Nc1ccc(Br)cn1. The number of anilines is 1. The van der Waals surface area contributed by atoms with Crippen molar-refractivity contribution in [1.29, 1.82) is 0 Å². The van der Waals surface area contributed by atoms with Gasteiger partial charge < -0.3 is 10.4 Å². The van der Waals surface area contributed by atoms with Gasteiger partial charge in [-0.15, -0.1) is 0 Å². The van der Waals surface area contributed by atoms with Gasteiger partial charge in [0, 0.05) is 29.1 Å². The van der Waals surface area contributed by atoms with Crippen LogP contribution < -0.4 is 5.32 Å². The Hall–Kier alpha value is -0.260. The summed E-state index contributed by atoms with van der Waals surface area (Å²) in [5, 5.41) is 12.2. The molecular formula is C10H15BrN2OS. The Morgan fingerprint density at radius 1 is 1.60 bits per heavy atom. The second-order valence-corrected chi connectivity index (χ2v) is 5.00. The van der Waals surface area contributed by atoms with Crippen LogP contribution in [0.25, 0.3) is 0 Å². The van der Waals surface area contributed by atoms with Crippen molar-refractivity contribution in [1.82, 2.24) is 4.98 Å². The number of aromatic nitrogens is 1. The lowest BCUT2D eigenvalue weighted by Gasteiger charge is -2.17. The van der Waals surface area contributed by atoms with E-state index in [1.165, 1.54) is 0 Å². The van der Waals surface area contributed by atoms with Gasteiger partial charge in [-0.05, 0) is 40.7 Å². The maximum Gasteiger partial charge on any atom is 0.126 e. The molecule has 0 saturated heterocycles. The zero-order valence-electron chi connectivity index (χ0n) is 8.61. The summed E-state index contributed by atoms with van der Waals surface area (Å²) >= 11 is 5.10. The Balaban J connectivity index is 2.53. The molecule has 3 nitrogen and oxygen atoms in total. The van der Waals surface area contributed by atoms with Crippen LogP contribution in [0.3, 0.4) is 0 Å². The van der Waals surface area contributed by atoms with Crippen LogP contribution in [0.2, 0.25) is 0 Å². The highest BCUT2D eigenvalue weighted by Crippen LogP contribution is 2.13. The smallest absolute Gasteiger partial charge is 0.126 e. The summed E-state index contributed by atoms with van der Waals surface area (Å²) in [7, 11) is 0. The molecule has 1 rings (SSSR count). The number of halogens is 1. The minimum atomic E-state index is 0.203. The Kier molecular flexibility index (Phi) is 6.05. The molecule has 0 aliphatic heterocycles. The van der Waals surface area contributed by atoms with Crippen LogP contribution in [0.5, 0.6) is 0 Å². The lowest BCUT2D eigenvalue weighted by atomic mass is 10.2. The molecule has 0 fully saturated rings. The van der Waals surface area contributed by atoms with E-state index in [4.69, 9.17) is 5.11 Å². The Morgan fingerprint density at radius 2 is 2.40 bits per heavy atom. The van der Waals surface area contributed by atoms with Crippen molar-refractivity contribution in [2.24, 2.45) is 0 Å². The number of nitrogens with zero attached hydrogens (tertiary/aromatic N) is 1. The highest BCUT2D eigenvalue weighted by atomic mass is 79.9. The molecule has 0 aromatic carbocycles. The molecule has 2 N–H and O–H groups in total. The number of pyridine rings is 1. The van der Waals surface area contributed by atoms with Gasteiger partial charge in [-0.25, -0.2) is 4.98 Å². The molecular weight excluding hydrogens is 276 g/mol. The van der Waals surface area contributed by atoms with Crippen LogP contribution >= 0.6 is 27.7 Å². The van der Waals surface area contributed by atoms with Gasteiger partial charge in [0.25, 0.3) is 0 Å². The summed E-state index contributed by atoms with van der Waals surface area (Å²) < 4.78 is 0.969. The normalized spacial score (nSPS) is 12.5. The molecule has 0 radical (unpaired) electrons. The van der Waals surface area contributed by atoms with Crippen molar-refractivity contribution in [3.63, 3.8) is 0 Å². The molecule has 5 heteroatoms. The third-order valence-corrected chi connectivity index (χ3v) is 3.13. The average molecular weight is 291 g/mol. The van der Waals surface area contributed by atoms with Crippen LogP contribution in [0.15, 0.2) is 22.8 Å². The monoisotopic (exact) mass is 290 g/mol. The number of hydrogen-bond acceptors (Lipinski definition) is 4. The third kappa shape index (κ3) is 4.86. The predicted molar refractivity (Wildman–Crippen MR) is 69.4 cm³/mol. The van der Waals surface area contributed by atoms with E-state index in [0.717, 1.165) is 22.5 Å². The van der Waals surface area contributed by atoms with Crippen LogP contribution in [0, 0.1) is 0 Å². The Morgan fingerprint density at radius 3 is 2.93 bits per heavy atom. The van der Waals surface area contributed by atoms with Gasteiger partial charge in [-0.1, -0.05) is 0 Å². The fourth-order valence-corrected chi connectivity index (χ4v) is 2.11. The summed E-state index contributed by atoms with van der Waals surface area (Å²) in [6, 6.07) is 4.15. The second-order valence-electron chi connectivity index (χ2n) is 3.17. The van der Waals surface area contributed by atoms with Crippen molar-refractivity contribution in [3.05, 3.63) is 22.8 Å². The summed E-state index contributed by atoms with van der Waals surface area (Å²) in [6.07, 6.45) is 4.57. The third-order valence-electron chi connectivity index (χ3n) is 1.92. The summed E-state index contributed by atoms with van der Waals surface area (Å²) in [5.41, 5.74) is 0. The van der Waals surface area contributed by atoms with E-state index in [1.54, 1.807) is 18.0 Å². The van der Waals surface area contributed by atoms with E-state index in [2.05, 4.69) is 32.5 Å². The summed E-state index contributed by atoms with van der Waals surface area (Å²) in [4.78, 5) is 4.23. The van der Waals surface area contributed by atoms with Crippen molar-refractivity contribution in [2.45, 2.75) is 12.5 Å².